The first-order valence-electron chi connectivity index (χ1n) is 6.65. The molecule has 0 aliphatic heterocycles. The molecule has 0 aromatic heterocycles. The fourth-order valence-electron chi connectivity index (χ4n) is 1.69. The molecule has 0 aliphatic carbocycles. The molecular weight excluding hydrogens is 224 g/mol. The minimum Gasteiger partial charge on any atom is -0.354 e. The highest BCUT2D eigenvalue weighted by atomic mass is 16.2. The van der Waals surface area contributed by atoms with Gasteiger partial charge in [0.1, 0.15) is 0 Å². The first-order chi connectivity index (χ1) is 8.54. The highest BCUT2D eigenvalue weighted by Crippen LogP contribution is 2.05. The van der Waals surface area contributed by atoms with Crippen LogP contribution in [-0.2, 0) is 17.6 Å². The minimum atomic E-state index is -0.410. The smallest absolute Gasteiger partial charge is 0.237 e. The van der Waals surface area contributed by atoms with E-state index in [4.69, 9.17) is 5.73 Å². The van der Waals surface area contributed by atoms with Crippen LogP contribution in [0.5, 0.6) is 0 Å². The Morgan fingerprint density at radius 2 is 1.78 bits per heavy atom. The van der Waals surface area contributed by atoms with E-state index in [0.29, 0.717) is 6.54 Å². The minimum absolute atomic E-state index is 0.0600. The van der Waals surface area contributed by atoms with Crippen LogP contribution in [0.3, 0.4) is 0 Å². The molecule has 0 fully saturated rings. The Labute approximate surface area is 110 Å². The summed E-state index contributed by atoms with van der Waals surface area (Å²) in [5.41, 5.74) is 8.34. The second kappa shape index (κ2) is 7.17. The Hall–Kier alpha value is -1.35. The van der Waals surface area contributed by atoms with E-state index in [9.17, 15) is 4.79 Å². The zero-order valence-electron chi connectivity index (χ0n) is 11.6. The van der Waals surface area contributed by atoms with Crippen LogP contribution in [0.4, 0.5) is 0 Å². The van der Waals surface area contributed by atoms with E-state index in [-0.39, 0.29) is 11.8 Å². The Balaban J connectivity index is 2.35. The topological polar surface area (TPSA) is 55.1 Å². The SMILES string of the molecule is CCc1ccc(CCNC(=O)[C@@H](N)C(C)C)cc1. The van der Waals surface area contributed by atoms with Crippen LogP contribution in [-0.4, -0.2) is 18.5 Å². The molecule has 3 nitrogen and oxygen atoms in total. The third kappa shape index (κ3) is 4.49. The molecule has 0 heterocycles. The predicted octanol–water partition coefficient (Wildman–Crippen LogP) is 1.89. The summed E-state index contributed by atoms with van der Waals surface area (Å²) in [6.45, 7) is 6.69. The van der Waals surface area contributed by atoms with Gasteiger partial charge < -0.3 is 11.1 Å². The molecule has 3 N–H and O–H groups in total. The van der Waals surface area contributed by atoms with Gasteiger partial charge in [0.25, 0.3) is 0 Å². The fraction of sp³-hybridized carbons (Fsp3) is 0.533. The molecule has 100 valence electrons. The van der Waals surface area contributed by atoms with E-state index in [2.05, 4.69) is 36.5 Å². The number of benzene rings is 1. The largest absolute Gasteiger partial charge is 0.354 e. The van der Waals surface area contributed by atoms with Crippen LogP contribution in [0.1, 0.15) is 31.9 Å². The molecule has 1 rings (SSSR count). The monoisotopic (exact) mass is 248 g/mol. The van der Waals surface area contributed by atoms with Crippen molar-refractivity contribution in [2.45, 2.75) is 39.7 Å². The summed E-state index contributed by atoms with van der Waals surface area (Å²) in [5, 5.41) is 2.88. The number of carbonyl (C=O) groups is 1. The summed E-state index contributed by atoms with van der Waals surface area (Å²) in [6, 6.07) is 8.10. The van der Waals surface area contributed by atoms with Crippen LogP contribution in [0, 0.1) is 5.92 Å². The van der Waals surface area contributed by atoms with Gasteiger partial charge in [0, 0.05) is 6.54 Å². The molecule has 0 bridgehead atoms. The number of carbonyl (C=O) groups excluding carboxylic acids is 1. The van der Waals surface area contributed by atoms with Crippen molar-refractivity contribution in [1.82, 2.24) is 5.32 Å². The summed E-state index contributed by atoms with van der Waals surface area (Å²) in [7, 11) is 0. The number of hydrogen-bond acceptors (Lipinski definition) is 2. The van der Waals surface area contributed by atoms with Crippen molar-refractivity contribution in [3.63, 3.8) is 0 Å². The summed E-state index contributed by atoms with van der Waals surface area (Å²) in [5.74, 6) is 0.115. The van der Waals surface area contributed by atoms with E-state index >= 15 is 0 Å². The number of aryl methyl sites for hydroxylation is 1. The third-order valence-corrected chi connectivity index (χ3v) is 3.17. The molecule has 1 atom stereocenters. The van der Waals surface area contributed by atoms with Crippen molar-refractivity contribution >= 4 is 5.91 Å². The first kappa shape index (κ1) is 14.7. The van der Waals surface area contributed by atoms with Gasteiger partial charge in [-0.15, -0.1) is 0 Å². The molecule has 0 radical (unpaired) electrons. The van der Waals surface area contributed by atoms with Crippen molar-refractivity contribution in [2.24, 2.45) is 11.7 Å². The van der Waals surface area contributed by atoms with Crippen molar-refractivity contribution < 1.29 is 4.79 Å². The average Bonchev–Trinajstić information content (AvgIpc) is 2.38. The maximum atomic E-state index is 11.6. The lowest BCUT2D eigenvalue weighted by molar-refractivity contribution is -0.123. The predicted molar refractivity (Wildman–Crippen MR) is 75.3 cm³/mol. The van der Waals surface area contributed by atoms with Crippen LogP contribution in [0.2, 0.25) is 0 Å². The Morgan fingerprint density at radius 1 is 1.22 bits per heavy atom. The van der Waals surface area contributed by atoms with Gasteiger partial charge in [0.05, 0.1) is 6.04 Å². The van der Waals surface area contributed by atoms with E-state index in [1.54, 1.807) is 0 Å². The lowest BCUT2D eigenvalue weighted by atomic mass is 10.0. The number of nitrogens with two attached hydrogens (primary N) is 1. The summed E-state index contributed by atoms with van der Waals surface area (Å²) < 4.78 is 0. The molecule has 1 amide bonds. The summed E-state index contributed by atoms with van der Waals surface area (Å²) in [6.07, 6.45) is 1.90. The van der Waals surface area contributed by atoms with Gasteiger partial charge in [-0.1, -0.05) is 45.0 Å². The second-order valence-electron chi connectivity index (χ2n) is 4.98. The zero-order chi connectivity index (χ0) is 13.5. The molecule has 0 saturated carbocycles. The number of amides is 1. The van der Waals surface area contributed by atoms with Crippen LogP contribution in [0.15, 0.2) is 24.3 Å². The van der Waals surface area contributed by atoms with Gasteiger partial charge >= 0.3 is 0 Å². The molecule has 0 aliphatic rings. The van der Waals surface area contributed by atoms with Gasteiger partial charge in [0.2, 0.25) is 5.91 Å². The van der Waals surface area contributed by atoms with Gasteiger partial charge in [-0.05, 0) is 29.9 Å². The molecular formula is C15H24N2O. The maximum absolute atomic E-state index is 11.6. The van der Waals surface area contributed by atoms with Crippen LogP contribution < -0.4 is 11.1 Å². The average molecular weight is 248 g/mol. The lowest BCUT2D eigenvalue weighted by Crippen LogP contribution is -2.44. The van der Waals surface area contributed by atoms with Crippen molar-refractivity contribution in [3.05, 3.63) is 35.4 Å². The molecule has 3 heteroatoms. The van der Waals surface area contributed by atoms with Gasteiger partial charge in [-0.2, -0.15) is 0 Å². The van der Waals surface area contributed by atoms with Crippen molar-refractivity contribution in [2.75, 3.05) is 6.54 Å². The third-order valence-electron chi connectivity index (χ3n) is 3.17. The quantitative estimate of drug-likeness (QED) is 0.807. The maximum Gasteiger partial charge on any atom is 0.237 e. The fourth-order valence-corrected chi connectivity index (χ4v) is 1.69. The normalized spacial score (nSPS) is 12.5. The number of rotatable bonds is 6. The summed E-state index contributed by atoms with van der Waals surface area (Å²) in [4.78, 5) is 11.6. The van der Waals surface area contributed by atoms with Gasteiger partial charge in [-0.3, -0.25) is 4.79 Å². The molecule has 0 unspecified atom stereocenters. The molecule has 0 saturated heterocycles. The Kier molecular flexibility index (Phi) is 5.86. The van der Waals surface area contributed by atoms with Gasteiger partial charge in [-0.25, -0.2) is 0 Å². The number of nitrogens with one attached hydrogen (secondary N) is 1. The lowest BCUT2D eigenvalue weighted by Gasteiger charge is -2.15. The number of hydrogen-bond donors (Lipinski definition) is 2. The molecule has 18 heavy (non-hydrogen) atoms. The molecule has 1 aromatic carbocycles. The van der Waals surface area contributed by atoms with Gasteiger partial charge in [0.15, 0.2) is 0 Å². The van der Waals surface area contributed by atoms with E-state index in [0.717, 1.165) is 12.8 Å². The molecule has 0 spiro atoms. The van der Waals surface area contributed by atoms with E-state index < -0.39 is 6.04 Å². The van der Waals surface area contributed by atoms with Crippen molar-refractivity contribution in [1.29, 1.82) is 0 Å². The Bertz CT molecular complexity index is 371. The van der Waals surface area contributed by atoms with Crippen LogP contribution in [0.25, 0.3) is 0 Å². The van der Waals surface area contributed by atoms with Crippen LogP contribution >= 0.6 is 0 Å². The Morgan fingerprint density at radius 3 is 2.28 bits per heavy atom. The highest BCUT2D eigenvalue weighted by Gasteiger charge is 2.16. The second-order valence-corrected chi connectivity index (χ2v) is 4.98. The zero-order valence-corrected chi connectivity index (χ0v) is 11.6. The van der Waals surface area contributed by atoms with E-state index in [1.165, 1.54) is 11.1 Å². The van der Waals surface area contributed by atoms with Crippen molar-refractivity contribution in [3.8, 4) is 0 Å². The highest BCUT2D eigenvalue weighted by molar-refractivity contribution is 5.81. The van der Waals surface area contributed by atoms with E-state index in [1.807, 2.05) is 13.8 Å². The summed E-state index contributed by atoms with van der Waals surface area (Å²) >= 11 is 0. The first-order valence-corrected chi connectivity index (χ1v) is 6.65. The molecule has 1 aromatic rings. The standard InChI is InChI=1S/C15H24N2O/c1-4-12-5-7-13(8-6-12)9-10-17-15(18)14(16)11(2)3/h5-8,11,14H,4,9-10,16H2,1-3H3,(H,17,18)/t14-/m0/s1.